The number of nitrogens with one attached hydrogen (secondary N) is 1. The van der Waals surface area contributed by atoms with E-state index in [4.69, 9.17) is 16.3 Å². The van der Waals surface area contributed by atoms with Gasteiger partial charge in [-0.3, -0.25) is 9.78 Å². The molecule has 0 unspecified atom stereocenters. The summed E-state index contributed by atoms with van der Waals surface area (Å²) in [4.78, 5) is 15.4. The van der Waals surface area contributed by atoms with Gasteiger partial charge in [-0.1, -0.05) is 11.6 Å². The van der Waals surface area contributed by atoms with Crippen molar-refractivity contribution in [2.75, 3.05) is 12.4 Å². The molecule has 2 aromatic rings. The zero-order valence-electron chi connectivity index (χ0n) is 12.2. The van der Waals surface area contributed by atoms with Crippen LogP contribution in [-0.4, -0.2) is 18.0 Å². The molecule has 0 aliphatic heterocycles. The summed E-state index contributed by atoms with van der Waals surface area (Å²) in [6, 6.07) is 4.95. The number of halogens is 4. The summed E-state index contributed by atoms with van der Waals surface area (Å²) in [5.74, 6) is -0.264. The van der Waals surface area contributed by atoms with E-state index in [9.17, 15) is 18.0 Å². The van der Waals surface area contributed by atoms with E-state index in [-0.39, 0.29) is 5.56 Å². The molecule has 0 aliphatic rings. The molecule has 1 aromatic carbocycles. The first-order valence-corrected chi connectivity index (χ1v) is 6.79. The lowest BCUT2D eigenvalue weighted by atomic mass is 10.2. The number of anilines is 1. The maximum Gasteiger partial charge on any atom is 0.433 e. The normalized spacial score (nSPS) is 11.2. The number of carbonyl (C=O) groups is 1. The molecule has 2 rings (SSSR count). The average Bonchev–Trinajstić information content (AvgIpc) is 2.50. The van der Waals surface area contributed by atoms with Crippen molar-refractivity contribution in [2.24, 2.45) is 0 Å². The van der Waals surface area contributed by atoms with Gasteiger partial charge in [-0.25, -0.2) is 0 Å². The van der Waals surface area contributed by atoms with Crippen molar-refractivity contribution < 1.29 is 22.7 Å². The highest BCUT2D eigenvalue weighted by molar-refractivity contribution is 6.31. The van der Waals surface area contributed by atoms with E-state index in [0.717, 1.165) is 18.3 Å². The van der Waals surface area contributed by atoms with E-state index in [1.54, 1.807) is 13.0 Å². The maximum absolute atomic E-state index is 12.5. The first kappa shape index (κ1) is 17.1. The van der Waals surface area contributed by atoms with Crippen LogP contribution in [0.4, 0.5) is 18.9 Å². The third-order valence-electron chi connectivity index (χ3n) is 3.05. The molecule has 1 aromatic heterocycles. The van der Waals surface area contributed by atoms with Crippen LogP contribution in [0.2, 0.25) is 5.02 Å². The molecule has 0 saturated carbocycles. The molecule has 0 aliphatic carbocycles. The predicted molar refractivity (Wildman–Crippen MR) is 79.9 cm³/mol. The molecule has 0 saturated heterocycles. The Morgan fingerprint density at radius 3 is 2.52 bits per heavy atom. The second-order valence-corrected chi connectivity index (χ2v) is 5.09. The Kier molecular flexibility index (Phi) is 4.79. The zero-order valence-corrected chi connectivity index (χ0v) is 12.9. The van der Waals surface area contributed by atoms with Gasteiger partial charge in [-0.2, -0.15) is 13.2 Å². The molecule has 0 radical (unpaired) electrons. The fourth-order valence-electron chi connectivity index (χ4n) is 1.82. The molecule has 1 amide bonds. The van der Waals surface area contributed by atoms with Gasteiger partial charge < -0.3 is 10.1 Å². The number of rotatable bonds is 3. The van der Waals surface area contributed by atoms with Gasteiger partial charge in [0, 0.05) is 17.3 Å². The lowest BCUT2D eigenvalue weighted by molar-refractivity contribution is -0.141. The van der Waals surface area contributed by atoms with Crippen molar-refractivity contribution in [3.8, 4) is 5.75 Å². The summed E-state index contributed by atoms with van der Waals surface area (Å²) in [5, 5.41) is 3.03. The Morgan fingerprint density at radius 2 is 2.00 bits per heavy atom. The SMILES string of the molecule is COc1cc(Cl)c(C)cc1NC(=O)c1ccc(C(F)(F)F)nc1. The van der Waals surface area contributed by atoms with Crippen LogP contribution in [-0.2, 0) is 6.18 Å². The highest BCUT2D eigenvalue weighted by Gasteiger charge is 2.32. The number of ether oxygens (including phenoxy) is 1. The van der Waals surface area contributed by atoms with Gasteiger partial charge in [-0.05, 0) is 30.7 Å². The van der Waals surface area contributed by atoms with Crippen LogP contribution in [0.15, 0.2) is 30.5 Å². The van der Waals surface area contributed by atoms with Crippen LogP contribution in [0.3, 0.4) is 0 Å². The number of aromatic nitrogens is 1. The minimum atomic E-state index is -4.55. The number of carbonyl (C=O) groups excluding carboxylic acids is 1. The van der Waals surface area contributed by atoms with Gasteiger partial charge >= 0.3 is 6.18 Å². The summed E-state index contributed by atoms with van der Waals surface area (Å²) in [7, 11) is 1.41. The zero-order chi connectivity index (χ0) is 17.2. The van der Waals surface area contributed by atoms with Crippen molar-refractivity contribution in [2.45, 2.75) is 13.1 Å². The van der Waals surface area contributed by atoms with E-state index in [0.29, 0.717) is 22.0 Å². The average molecular weight is 345 g/mol. The van der Waals surface area contributed by atoms with Gasteiger partial charge in [-0.15, -0.1) is 0 Å². The summed E-state index contributed by atoms with van der Waals surface area (Å²) in [6.45, 7) is 1.75. The number of pyridine rings is 1. The Morgan fingerprint density at radius 1 is 1.30 bits per heavy atom. The lowest BCUT2D eigenvalue weighted by Crippen LogP contribution is -2.15. The number of aryl methyl sites for hydroxylation is 1. The number of alkyl halides is 3. The molecule has 0 bridgehead atoms. The summed E-state index contributed by atoms with van der Waals surface area (Å²) in [6.07, 6.45) is -3.68. The maximum atomic E-state index is 12.5. The smallest absolute Gasteiger partial charge is 0.433 e. The number of amides is 1. The standard InChI is InChI=1S/C15H12ClF3N2O2/c1-8-5-11(12(23-2)6-10(8)16)21-14(22)9-3-4-13(20-7-9)15(17,18)19/h3-7H,1-2H3,(H,21,22). The molecule has 1 N–H and O–H groups in total. The van der Waals surface area contributed by atoms with Crippen molar-refractivity contribution in [3.05, 3.63) is 52.3 Å². The molecule has 23 heavy (non-hydrogen) atoms. The van der Waals surface area contributed by atoms with E-state index in [1.807, 2.05) is 0 Å². The number of nitrogens with zero attached hydrogens (tertiary/aromatic N) is 1. The summed E-state index contributed by atoms with van der Waals surface area (Å²) in [5.41, 5.74) is 0.00855. The van der Waals surface area contributed by atoms with Gasteiger partial charge in [0.25, 0.3) is 5.91 Å². The van der Waals surface area contributed by atoms with Gasteiger partial charge in [0.1, 0.15) is 11.4 Å². The van der Waals surface area contributed by atoms with Gasteiger partial charge in [0.15, 0.2) is 0 Å². The van der Waals surface area contributed by atoms with E-state index < -0.39 is 17.8 Å². The van der Waals surface area contributed by atoms with Crippen LogP contribution >= 0.6 is 11.6 Å². The van der Waals surface area contributed by atoms with E-state index >= 15 is 0 Å². The quantitative estimate of drug-likeness (QED) is 0.902. The number of methoxy groups -OCH3 is 1. The van der Waals surface area contributed by atoms with Gasteiger partial charge in [0.05, 0.1) is 18.4 Å². The molecule has 0 atom stereocenters. The van der Waals surface area contributed by atoms with Crippen molar-refractivity contribution in [1.29, 1.82) is 0 Å². The Balaban J connectivity index is 2.24. The highest BCUT2D eigenvalue weighted by atomic mass is 35.5. The first-order valence-electron chi connectivity index (χ1n) is 6.41. The molecular formula is C15H12ClF3N2O2. The van der Waals surface area contributed by atoms with Crippen molar-refractivity contribution >= 4 is 23.2 Å². The van der Waals surface area contributed by atoms with E-state index in [2.05, 4.69) is 10.3 Å². The van der Waals surface area contributed by atoms with Crippen LogP contribution in [0.5, 0.6) is 5.75 Å². The monoisotopic (exact) mass is 344 g/mol. The summed E-state index contributed by atoms with van der Waals surface area (Å²) >= 11 is 5.97. The lowest BCUT2D eigenvalue weighted by Gasteiger charge is -2.12. The Bertz CT molecular complexity index is 731. The highest BCUT2D eigenvalue weighted by Crippen LogP contribution is 2.31. The Hall–Kier alpha value is -2.28. The van der Waals surface area contributed by atoms with Gasteiger partial charge in [0.2, 0.25) is 0 Å². The second kappa shape index (κ2) is 6.45. The molecule has 8 heteroatoms. The number of benzene rings is 1. The first-order chi connectivity index (χ1) is 10.7. The molecule has 0 spiro atoms. The summed E-state index contributed by atoms with van der Waals surface area (Å²) < 4.78 is 42.5. The van der Waals surface area contributed by atoms with Crippen LogP contribution in [0, 0.1) is 6.92 Å². The second-order valence-electron chi connectivity index (χ2n) is 4.69. The molecule has 0 fully saturated rings. The van der Waals surface area contributed by atoms with Crippen LogP contribution < -0.4 is 10.1 Å². The van der Waals surface area contributed by atoms with E-state index in [1.165, 1.54) is 13.2 Å². The van der Waals surface area contributed by atoms with Crippen LogP contribution in [0.25, 0.3) is 0 Å². The predicted octanol–water partition coefficient (Wildman–Crippen LogP) is 4.32. The fourth-order valence-corrected chi connectivity index (χ4v) is 1.97. The van der Waals surface area contributed by atoms with Crippen molar-refractivity contribution in [3.63, 3.8) is 0 Å². The number of hydrogen-bond donors (Lipinski definition) is 1. The minimum absolute atomic E-state index is 0.00680. The fraction of sp³-hybridized carbons (Fsp3) is 0.200. The minimum Gasteiger partial charge on any atom is -0.495 e. The number of hydrogen-bond acceptors (Lipinski definition) is 3. The molecule has 122 valence electrons. The van der Waals surface area contributed by atoms with Crippen molar-refractivity contribution in [1.82, 2.24) is 4.98 Å². The molecular weight excluding hydrogens is 333 g/mol. The largest absolute Gasteiger partial charge is 0.495 e. The Labute approximate surface area is 135 Å². The third kappa shape index (κ3) is 3.92. The molecule has 1 heterocycles. The third-order valence-corrected chi connectivity index (χ3v) is 3.45. The molecule has 4 nitrogen and oxygen atoms in total. The van der Waals surface area contributed by atoms with Crippen LogP contribution in [0.1, 0.15) is 21.6 Å². The topological polar surface area (TPSA) is 51.2 Å².